The number of carboxylic acid groups (broad SMARTS) is 1. The van der Waals surface area contributed by atoms with Gasteiger partial charge in [-0.3, -0.25) is 0 Å². The smallest absolute Gasteiger partial charge is 0.333 e. The molecular formula is C14H11N3O2. The maximum atomic E-state index is 11.2. The predicted octanol–water partition coefficient (Wildman–Crippen LogP) is 2.10. The fourth-order valence-electron chi connectivity index (χ4n) is 2.08. The highest BCUT2D eigenvalue weighted by molar-refractivity contribution is 5.97. The Labute approximate surface area is 109 Å². The first-order chi connectivity index (χ1) is 9.25. The lowest BCUT2D eigenvalue weighted by atomic mass is 10.0. The fraction of sp³-hybridized carbons (Fsp3) is 0.0714. The average Bonchev–Trinajstić information content (AvgIpc) is 2.47. The summed E-state index contributed by atoms with van der Waals surface area (Å²) in [5.41, 5.74) is 2.10. The molecule has 0 atom stereocenters. The summed E-state index contributed by atoms with van der Waals surface area (Å²) in [4.78, 5) is 21.4. The number of hydrogen-bond donors (Lipinski definition) is 1. The van der Waals surface area contributed by atoms with Gasteiger partial charge in [-0.15, -0.1) is 0 Å². The monoisotopic (exact) mass is 253 g/mol. The molecule has 2 aromatic rings. The first-order valence-corrected chi connectivity index (χ1v) is 5.83. The Hall–Kier alpha value is -2.69. The maximum absolute atomic E-state index is 11.2. The Morgan fingerprint density at radius 1 is 1.16 bits per heavy atom. The molecule has 94 valence electrons. The van der Waals surface area contributed by atoms with Gasteiger partial charge in [-0.25, -0.2) is 14.8 Å². The summed E-state index contributed by atoms with van der Waals surface area (Å²) in [6.45, 7) is 0.260. The van der Waals surface area contributed by atoms with Crippen molar-refractivity contribution in [2.45, 2.75) is 0 Å². The number of carbonyl (C=O) groups is 1. The second-order valence-corrected chi connectivity index (χ2v) is 4.17. The number of carboxylic acids is 1. The van der Waals surface area contributed by atoms with Gasteiger partial charge in [-0.05, 0) is 23.8 Å². The summed E-state index contributed by atoms with van der Waals surface area (Å²) in [5, 5.41) is 9.19. The zero-order chi connectivity index (χ0) is 13.2. The predicted molar refractivity (Wildman–Crippen MR) is 71.1 cm³/mol. The molecule has 0 bridgehead atoms. The van der Waals surface area contributed by atoms with Gasteiger partial charge in [0.25, 0.3) is 0 Å². The van der Waals surface area contributed by atoms with Gasteiger partial charge >= 0.3 is 5.97 Å². The molecule has 1 aliphatic heterocycles. The number of para-hydroxylation sites is 1. The second-order valence-electron chi connectivity index (χ2n) is 4.17. The van der Waals surface area contributed by atoms with Crippen molar-refractivity contribution in [3.63, 3.8) is 0 Å². The highest BCUT2D eigenvalue weighted by Crippen LogP contribution is 2.32. The van der Waals surface area contributed by atoms with Crippen LogP contribution in [0.1, 0.15) is 5.56 Å². The van der Waals surface area contributed by atoms with E-state index < -0.39 is 5.97 Å². The maximum Gasteiger partial charge on any atom is 0.333 e. The molecule has 19 heavy (non-hydrogen) atoms. The average molecular weight is 253 g/mol. The van der Waals surface area contributed by atoms with E-state index in [-0.39, 0.29) is 6.54 Å². The molecule has 0 radical (unpaired) electrons. The summed E-state index contributed by atoms with van der Waals surface area (Å²) in [6.07, 6.45) is 4.98. The molecule has 0 aliphatic carbocycles. The van der Waals surface area contributed by atoms with Gasteiger partial charge in [0.2, 0.25) is 5.95 Å². The first kappa shape index (κ1) is 11.4. The van der Waals surface area contributed by atoms with E-state index >= 15 is 0 Å². The van der Waals surface area contributed by atoms with Gasteiger partial charge in [-0.1, -0.05) is 18.2 Å². The van der Waals surface area contributed by atoms with Crippen LogP contribution in [-0.4, -0.2) is 27.6 Å². The van der Waals surface area contributed by atoms with Crippen molar-refractivity contribution in [3.8, 4) is 0 Å². The van der Waals surface area contributed by atoms with Crippen LogP contribution in [0.3, 0.4) is 0 Å². The van der Waals surface area contributed by atoms with E-state index in [0.29, 0.717) is 11.5 Å². The number of hydrogen-bond acceptors (Lipinski definition) is 4. The van der Waals surface area contributed by atoms with E-state index in [1.807, 2.05) is 24.3 Å². The van der Waals surface area contributed by atoms with E-state index in [9.17, 15) is 9.90 Å². The molecule has 3 rings (SSSR count). The molecule has 5 nitrogen and oxygen atoms in total. The molecule has 0 amide bonds. The lowest BCUT2D eigenvalue weighted by molar-refractivity contribution is -0.132. The van der Waals surface area contributed by atoms with E-state index in [0.717, 1.165) is 11.3 Å². The zero-order valence-corrected chi connectivity index (χ0v) is 10.0. The molecule has 1 aromatic carbocycles. The van der Waals surface area contributed by atoms with Crippen LogP contribution >= 0.6 is 0 Å². The van der Waals surface area contributed by atoms with Gasteiger partial charge in [0.15, 0.2) is 0 Å². The largest absolute Gasteiger partial charge is 0.478 e. The summed E-state index contributed by atoms with van der Waals surface area (Å²) in [5.74, 6) is -0.419. The van der Waals surface area contributed by atoms with Crippen LogP contribution in [0.25, 0.3) is 6.08 Å². The minimum atomic E-state index is -0.921. The number of fused-ring (bicyclic) bond motifs is 1. The van der Waals surface area contributed by atoms with E-state index in [1.54, 1.807) is 29.4 Å². The van der Waals surface area contributed by atoms with Crippen molar-refractivity contribution >= 4 is 23.7 Å². The minimum Gasteiger partial charge on any atom is -0.478 e. The first-order valence-electron chi connectivity index (χ1n) is 5.83. The van der Waals surface area contributed by atoms with Crippen molar-refractivity contribution in [3.05, 3.63) is 53.9 Å². The third-order valence-electron chi connectivity index (χ3n) is 2.95. The van der Waals surface area contributed by atoms with Crippen molar-refractivity contribution < 1.29 is 9.90 Å². The number of benzene rings is 1. The summed E-state index contributed by atoms with van der Waals surface area (Å²) in [7, 11) is 0. The van der Waals surface area contributed by atoms with E-state index in [1.165, 1.54) is 0 Å². The normalized spacial score (nSPS) is 13.7. The van der Waals surface area contributed by atoms with Gasteiger partial charge < -0.3 is 10.0 Å². The summed E-state index contributed by atoms with van der Waals surface area (Å²) >= 11 is 0. The van der Waals surface area contributed by atoms with Crippen LogP contribution in [0.5, 0.6) is 0 Å². The number of nitrogens with zero attached hydrogens (tertiary/aromatic N) is 3. The van der Waals surface area contributed by atoms with Crippen molar-refractivity contribution in [1.82, 2.24) is 9.97 Å². The van der Waals surface area contributed by atoms with Crippen LogP contribution in [0.15, 0.2) is 48.3 Å². The Kier molecular flexibility index (Phi) is 2.72. The van der Waals surface area contributed by atoms with Crippen LogP contribution in [0.4, 0.5) is 11.6 Å². The SMILES string of the molecule is O=C(O)C1=Cc2ccccc2N(c2ncccn2)C1. The van der Waals surface area contributed by atoms with Gasteiger partial charge in [0.1, 0.15) is 0 Å². The summed E-state index contributed by atoms with van der Waals surface area (Å²) in [6, 6.07) is 9.33. The number of aromatic nitrogens is 2. The number of aliphatic carboxylic acids is 1. The van der Waals surface area contributed by atoms with E-state index in [2.05, 4.69) is 9.97 Å². The lowest BCUT2D eigenvalue weighted by Crippen LogP contribution is -2.28. The third kappa shape index (κ3) is 2.06. The number of anilines is 2. The molecular weight excluding hydrogens is 242 g/mol. The minimum absolute atomic E-state index is 0.260. The Morgan fingerprint density at radius 2 is 1.89 bits per heavy atom. The zero-order valence-electron chi connectivity index (χ0n) is 10.0. The molecule has 1 aromatic heterocycles. The Morgan fingerprint density at radius 3 is 2.63 bits per heavy atom. The summed E-state index contributed by atoms with van der Waals surface area (Å²) < 4.78 is 0. The molecule has 0 unspecified atom stereocenters. The lowest BCUT2D eigenvalue weighted by Gasteiger charge is -2.28. The fourth-order valence-corrected chi connectivity index (χ4v) is 2.08. The van der Waals surface area contributed by atoms with Gasteiger partial charge in [-0.2, -0.15) is 0 Å². The molecule has 0 saturated carbocycles. The van der Waals surface area contributed by atoms with E-state index in [4.69, 9.17) is 0 Å². The van der Waals surface area contributed by atoms with Gasteiger partial charge in [0, 0.05) is 12.4 Å². The standard InChI is InChI=1S/C14H11N3O2/c18-13(19)11-8-10-4-1-2-5-12(10)17(9-11)14-15-6-3-7-16-14/h1-8H,9H2,(H,18,19). The molecule has 0 fully saturated rings. The molecule has 1 N–H and O–H groups in total. The van der Waals surface area contributed by atoms with Crippen molar-refractivity contribution in [1.29, 1.82) is 0 Å². The highest BCUT2D eigenvalue weighted by Gasteiger charge is 2.23. The molecule has 0 spiro atoms. The molecule has 5 heteroatoms. The van der Waals surface area contributed by atoms with Gasteiger partial charge in [0.05, 0.1) is 17.8 Å². The van der Waals surface area contributed by atoms with Crippen LogP contribution in [-0.2, 0) is 4.79 Å². The Bertz CT molecular complexity index is 653. The third-order valence-corrected chi connectivity index (χ3v) is 2.95. The van der Waals surface area contributed by atoms with Crippen molar-refractivity contribution in [2.24, 2.45) is 0 Å². The van der Waals surface area contributed by atoms with Crippen molar-refractivity contribution in [2.75, 3.05) is 11.4 Å². The molecule has 0 saturated heterocycles. The van der Waals surface area contributed by atoms with Crippen LogP contribution in [0.2, 0.25) is 0 Å². The van der Waals surface area contributed by atoms with Crippen LogP contribution < -0.4 is 4.90 Å². The molecule has 1 aliphatic rings. The Balaban J connectivity index is 2.12. The van der Waals surface area contributed by atoms with Crippen LogP contribution in [0, 0.1) is 0 Å². The quantitative estimate of drug-likeness (QED) is 0.887. The second kappa shape index (κ2) is 4.53. The molecule has 2 heterocycles. The highest BCUT2D eigenvalue weighted by atomic mass is 16.4. The number of rotatable bonds is 2. The topological polar surface area (TPSA) is 66.3 Å².